The van der Waals surface area contributed by atoms with Gasteiger partial charge >= 0.3 is 5.97 Å². The number of hydrogen-bond donors (Lipinski definition) is 1. The number of carbonyl (C=O) groups excluding carboxylic acids is 1. The van der Waals surface area contributed by atoms with Crippen LogP contribution in [-0.4, -0.2) is 23.5 Å². The van der Waals surface area contributed by atoms with Crippen LogP contribution in [0.5, 0.6) is 5.75 Å². The topological polar surface area (TPSA) is 63.6 Å². The van der Waals surface area contributed by atoms with E-state index in [1.807, 2.05) is 0 Å². The lowest BCUT2D eigenvalue weighted by Gasteiger charge is -2.09. The fraction of sp³-hybridized carbons (Fsp3) is 0.176. The van der Waals surface area contributed by atoms with Crippen molar-refractivity contribution in [2.75, 3.05) is 6.61 Å². The van der Waals surface area contributed by atoms with E-state index in [1.165, 1.54) is 0 Å². The van der Waals surface area contributed by atoms with Crippen molar-refractivity contribution in [1.29, 1.82) is 0 Å². The molecule has 23 heavy (non-hydrogen) atoms. The molecule has 2 aromatic rings. The van der Waals surface area contributed by atoms with Gasteiger partial charge in [-0.15, -0.1) is 12.4 Å². The molecule has 1 atom stereocenters. The van der Waals surface area contributed by atoms with Gasteiger partial charge in [0.05, 0.1) is 5.92 Å². The molecular formula is C17H16Cl2O4. The maximum atomic E-state index is 12.3. The van der Waals surface area contributed by atoms with Crippen LogP contribution in [0.1, 0.15) is 22.8 Å². The van der Waals surface area contributed by atoms with Gasteiger partial charge in [0, 0.05) is 16.1 Å². The van der Waals surface area contributed by atoms with E-state index in [1.54, 1.807) is 55.5 Å². The first-order valence-electron chi connectivity index (χ1n) is 6.73. The Morgan fingerprint density at radius 2 is 1.52 bits per heavy atom. The molecule has 0 radical (unpaired) electrons. The van der Waals surface area contributed by atoms with Crippen molar-refractivity contribution in [3.63, 3.8) is 0 Å². The fourth-order valence-corrected chi connectivity index (χ4v) is 1.89. The molecule has 2 aromatic carbocycles. The minimum absolute atomic E-state index is 0. The van der Waals surface area contributed by atoms with E-state index in [4.69, 9.17) is 21.4 Å². The standard InChI is InChI=1S/C17H15ClO4.ClH/c1-11(17(20)21)10-22-15-8-4-13(5-9-15)16(19)12-2-6-14(18)7-3-12;/h2-9,11H,10H2,1H3,(H,20,21);1H. The molecular weight excluding hydrogens is 339 g/mol. The number of ether oxygens (including phenoxy) is 1. The van der Waals surface area contributed by atoms with Gasteiger partial charge < -0.3 is 9.84 Å². The summed E-state index contributed by atoms with van der Waals surface area (Å²) in [6, 6.07) is 13.3. The second-order valence-corrected chi connectivity index (χ2v) is 5.35. The third-order valence-corrected chi connectivity index (χ3v) is 3.40. The van der Waals surface area contributed by atoms with E-state index in [0.29, 0.717) is 21.9 Å². The maximum absolute atomic E-state index is 12.3. The molecule has 122 valence electrons. The third-order valence-electron chi connectivity index (χ3n) is 3.14. The van der Waals surface area contributed by atoms with Crippen LogP contribution in [0.2, 0.25) is 5.02 Å². The molecule has 0 saturated heterocycles. The molecule has 0 bridgehead atoms. The molecule has 1 N–H and O–H groups in total. The van der Waals surface area contributed by atoms with Gasteiger partial charge in [0.2, 0.25) is 0 Å². The number of carboxylic acids is 1. The van der Waals surface area contributed by atoms with Crippen LogP contribution < -0.4 is 4.74 Å². The summed E-state index contributed by atoms with van der Waals surface area (Å²) in [6.07, 6.45) is 0. The van der Waals surface area contributed by atoms with Gasteiger partial charge in [0.15, 0.2) is 5.78 Å². The summed E-state index contributed by atoms with van der Waals surface area (Å²) in [5.74, 6) is -1.08. The number of aliphatic carboxylic acids is 1. The van der Waals surface area contributed by atoms with Crippen molar-refractivity contribution in [1.82, 2.24) is 0 Å². The molecule has 0 heterocycles. The molecule has 0 aliphatic carbocycles. The highest BCUT2D eigenvalue weighted by Crippen LogP contribution is 2.17. The molecule has 1 unspecified atom stereocenters. The normalized spacial score (nSPS) is 11.2. The van der Waals surface area contributed by atoms with Crippen LogP contribution in [-0.2, 0) is 4.79 Å². The lowest BCUT2D eigenvalue weighted by atomic mass is 10.0. The lowest BCUT2D eigenvalue weighted by molar-refractivity contribution is -0.142. The summed E-state index contributed by atoms with van der Waals surface area (Å²) in [6.45, 7) is 1.65. The molecule has 0 aromatic heterocycles. The highest BCUT2D eigenvalue weighted by atomic mass is 35.5. The van der Waals surface area contributed by atoms with Gasteiger partial charge in [-0.1, -0.05) is 11.6 Å². The molecule has 6 heteroatoms. The van der Waals surface area contributed by atoms with Gasteiger partial charge in [0.25, 0.3) is 0 Å². The number of carbonyl (C=O) groups is 2. The summed E-state index contributed by atoms with van der Waals surface area (Å²) < 4.78 is 5.38. The van der Waals surface area contributed by atoms with Crippen LogP contribution in [0.25, 0.3) is 0 Å². The molecule has 0 aliphatic heterocycles. The second-order valence-electron chi connectivity index (χ2n) is 4.91. The zero-order valence-electron chi connectivity index (χ0n) is 12.4. The van der Waals surface area contributed by atoms with Crippen LogP contribution in [0.15, 0.2) is 48.5 Å². The number of hydrogen-bond acceptors (Lipinski definition) is 3. The van der Waals surface area contributed by atoms with Crippen molar-refractivity contribution in [2.24, 2.45) is 5.92 Å². The zero-order valence-corrected chi connectivity index (χ0v) is 13.9. The number of ketones is 1. The first-order chi connectivity index (χ1) is 10.5. The SMILES string of the molecule is CC(COc1ccc(C(=O)c2ccc(Cl)cc2)cc1)C(=O)O.Cl. The van der Waals surface area contributed by atoms with E-state index in [-0.39, 0.29) is 24.8 Å². The van der Waals surface area contributed by atoms with Crippen LogP contribution >= 0.6 is 24.0 Å². The predicted molar refractivity (Wildman–Crippen MR) is 90.9 cm³/mol. The predicted octanol–water partition coefficient (Wildman–Crippen LogP) is 4.09. The number of benzene rings is 2. The number of carboxylic acid groups (broad SMARTS) is 1. The Balaban J connectivity index is 0.00000264. The van der Waals surface area contributed by atoms with E-state index < -0.39 is 11.9 Å². The van der Waals surface area contributed by atoms with Crippen molar-refractivity contribution < 1.29 is 19.4 Å². The first-order valence-corrected chi connectivity index (χ1v) is 7.11. The van der Waals surface area contributed by atoms with Crippen molar-refractivity contribution in [3.8, 4) is 5.75 Å². The highest BCUT2D eigenvalue weighted by Gasteiger charge is 2.12. The molecule has 2 rings (SSSR count). The van der Waals surface area contributed by atoms with Gasteiger partial charge in [-0.2, -0.15) is 0 Å². The minimum atomic E-state index is -0.908. The Hall–Kier alpha value is -2.04. The second kappa shape index (κ2) is 8.56. The molecule has 0 saturated carbocycles. The largest absolute Gasteiger partial charge is 0.493 e. The Bertz CT molecular complexity index is 666. The highest BCUT2D eigenvalue weighted by molar-refractivity contribution is 6.30. The van der Waals surface area contributed by atoms with Gasteiger partial charge in [0.1, 0.15) is 12.4 Å². The molecule has 4 nitrogen and oxygen atoms in total. The first kappa shape index (κ1) is 19.0. The van der Waals surface area contributed by atoms with E-state index in [2.05, 4.69) is 0 Å². The van der Waals surface area contributed by atoms with Crippen LogP contribution in [0, 0.1) is 5.92 Å². The average Bonchev–Trinajstić information content (AvgIpc) is 2.53. The Morgan fingerprint density at radius 3 is 2.00 bits per heavy atom. The van der Waals surface area contributed by atoms with E-state index in [9.17, 15) is 9.59 Å². The zero-order chi connectivity index (χ0) is 16.1. The van der Waals surface area contributed by atoms with E-state index in [0.717, 1.165) is 0 Å². The molecule has 0 amide bonds. The smallest absolute Gasteiger partial charge is 0.309 e. The lowest BCUT2D eigenvalue weighted by Crippen LogP contribution is -2.17. The van der Waals surface area contributed by atoms with Gasteiger partial charge in [-0.3, -0.25) is 9.59 Å². The molecule has 0 fully saturated rings. The van der Waals surface area contributed by atoms with E-state index >= 15 is 0 Å². The van der Waals surface area contributed by atoms with Crippen molar-refractivity contribution >= 4 is 35.8 Å². The summed E-state index contributed by atoms with van der Waals surface area (Å²) in [4.78, 5) is 23.0. The summed E-state index contributed by atoms with van der Waals surface area (Å²) in [7, 11) is 0. The minimum Gasteiger partial charge on any atom is -0.493 e. The summed E-state index contributed by atoms with van der Waals surface area (Å²) in [5.41, 5.74) is 1.08. The van der Waals surface area contributed by atoms with Crippen molar-refractivity contribution in [3.05, 3.63) is 64.7 Å². The van der Waals surface area contributed by atoms with Crippen molar-refractivity contribution in [2.45, 2.75) is 6.92 Å². The average molecular weight is 355 g/mol. The Kier molecular flexibility index (Phi) is 7.07. The molecule has 0 spiro atoms. The third kappa shape index (κ3) is 5.27. The quantitative estimate of drug-likeness (QED) is 0.793. The summed E-state index contributed by atoms with van der Waals surface area (Å²) in [5, 5.41) is 9.37. The Morgan fingerprint density at radius 1 is 1.04 bits per heavy atom. The summed E-state index contributed by atoms with van der Waals surface area (Å²) >= 11 is 5.80. The van der Waals surface area contributed by atoms with Crippen LogP contribution in [0.3, 0.4) is 0 Å². The van der Waals surface area contributed by atoms with Gasteiger partial charge in [-0.05, 0) is 55.5 Å². The fourth-order valence-electron chi connectivity index (χ4n) is 1.76. The molecule has 0 aliphatic rings. The van der Waals surface area contributed by atoms with Gasteiger partial charge in [-0.25, -0.2) is 0 Å². The number of halogens is 2. The van der Waals surface area contributed by atoms with Crippen LogP contribution in [0.4, 0.5) is 0 Å². The Labute approximate surface area is 145 Å². The number of rotatable bonds is 6. The maximum Gasteiger partial charge on any atom is 0.309 e. The monoisotopic (exact) mass is 354 g/mol.